The lowest BCUT2D eigenvalue weighted by atomic mass is 9.93. The molecule has 1 saturated heterocycles. The number of rotatable bonds is 4. The monoisotopic (exact) mass is 238 g/mol. The molecule has 1 amide bonds. The molecule has 3 nitrogen and oxygen atoms in total. The molecule has 17 heavy (non-hydrogen) atoms. The van der Waals surface area contributed by atoms with Crippen LogP contribution in [0.5, 0.6) is 0 Å². The SMILES string of the molecule is CC(C)C(=O)N1CC[C@@H](NCC2CC2)[C@H](C)C1. The minimum atomic E-state index is 0.137. The van der Waals surface area contributed by atoms with Crippen molar-refractivity contribution in [1.82, 2.24) is 10.2 Å². The Hall–Kier alpha value is -0.570. The van der Waals surface area contributed by atoms with Gasteiger partial charge in [-0.3, -0.25) is 4.79 Å². The predicted molar refractivity (Wildman–Crippen MR) is 69.7 cm³/mol. The highest BCUT2D eigenvalue weighted by Gasteiger charge is 2.30. The lowest BCUT2D eigenvalue weighted by Gasteiger charge is -2.38. The number of carbonyl (C=O) groups excluding carboxylic acids is 1. The third-order valence-corrected chi connectivity index (χ3v) is 4.08. The third kappa shape index (κ3) is 3.44. The summed E-state index contributed by atoms with van der Waals surface area (Å²) in [5, 5.41) is 3.68. The van der Waals surface area contributed by atoms with Gasteiger partial charge in [-0.05, 0) is 37.6 Å². The summed E-state index contributed by atoms with van der Waals surface area (Å²) in [4.78, 5) is 14.0. The molecule has 1 saturated carbocycles. The van der Waals surface area contributed by atoms with Gasteiger partial charge < -0.3 is 10.2 Å². The molecular weight excluding hydrogens is 212 g/mol. The molecule has 1 N–H and O–H groups in total. The number of nitrogens with zero attached hydrogens (tertiary/aromatic N) is 1. The largest absolute Gasteiger partial charge is 0.342 e. The quantitative estimate of drug-likeness (QED) is 0.811. The second-order valence-electron chi connectivity index (χ2n) is 6.16. The summed E-state index contributed by atoms with van der Waals surface area (Å²) in [6.45, 7) is 9.30. The zero-order valence-electron chi connectivity index (χ0n) is 11.4. The van der Waals surface area contributed by atoms with E-state index in [-0.39, 0.29) is 5.92 Å². The summed E-state index contributed by atoms with van der Waals surface area (Å²) < 4.78 is 0. The van der Waals surface area contributed by atoms with E-state index >= 15 is 0 Å². The number of hydrogen-bond donors (Lipinski definition) is 1. The van der Waals surface area contributed by atoms with Crippen LogP contribution in [-0.4, -0.2) is 36.5 Å². The van der Waals surface area contributed by atoms with Crippen LogP contribution >= 0.6 is 0 Å². The fourth-order valence-electron chi connectivity index (χ4n) is 2.65. The molecular formula is C14H26N2O. The number of piperidine rings is 1. The predicted octanol–water partition coefficient (Wildman–Crippen LogP) is 1.88. The first-order chi connectivity index (χ1) is 8.08. The van der Waals surface area contributed by atoms with Gasteiger partial charge in [-0.1, -0.05) is 20.8 Å². The highest BCUT2D eigenvalue weighted by atomic mass is 16.2. The first kappa shape index (κ1) is 12.9. The maximum atomic E-state index is 11.9. The van der Waals surface area contributed by atoms with E-state index in [0.717, 1.165) is 25.4 Å². The van der Waals surface area contributed by atoms with Gasteiger partial charge in [-0.25, -0.2) is 0 Å². The molecule has 1 aliphatic carbocycles. The lowest BCUT2D eigenvalue weighted by molar-refractivity contribution is -0.136. The number of carbonyl (C=O) groups is 1. The van der Waals surface area contributed by atoms with Crippen molar-refractivity contribution in [3.8, 4) is 0 Å². The van der Waals surface area contributed by atoms with Gasteiger partial charge in [0.15, 0.2) is 0 Å². The molecule has 3 heteroatoms. The second-order valence-corrected chi connectivity index (χ2v) is 6.16. The highest BCUT2D eigenvalue weighted by molar-refractivity contribution is 5.78. The van der Waals surface area contributed by atoms with Crippen molar-refractivity contribution in [1.29, 1.82) is 0 Å². The average Bonchev–Trinajstić information content (AvgIpc) is 3.10. The standard InChI is InChI=1S/C14H26N2O/c1-10(2)14(17)16-7-6-13(11(3)9-16)15-8-12-4-5-12/h10-13,15H,4-9H2,1-3H3/t11-,13-/m1/s1. The molecule has 2 aliphatic rings. The number of nitrogens with one attached hydrogen (secondary N) is 1. The van der Waals surface area contributed by atoms with Crippen molar-refractivity contribution in [3.63, 3.8) is 0 Å². The maximum Gasteiger partial charge on any atom is 0.225 e. The smallest absolute Gasteiger partial charge is 0.225 e. The Bertz CT molecular complexity index is 273. The van der Waals surface area contributed by atoms with E-state index in [0.29, 0.717) is 17.9 Å². The van der Waals surface area contributed by atoms with Crippen LogP contribution < -0.4 is 5.32 Å². The van der Waals surface area contributed by atoms with Gasteiger partial charge in [0.2, 0.25) is 5.91 Å². The van der Waals surface area contributed by atoms with Crippen LogP contribution in [0.2, 0.25) is 0 Å². The van der Waals surface area contributed by atoms with E-state index in [2.05, 4.69) is 12.2 Å². The van der Waals surface area contributed by atoms with Crippen LogP contribution in [0.3, 0.4) is 0 Å². The lowest BCUT2D eigenvalue weighted by Crippen LogP contribution is -2.51. The van der Waals surface area contributed by atoms with E-state index in [9.17, 15) is 4.79 Å². The van der Waals surface area contributed by atoms with Crippen LogP contribution in [0.4, 0.5) is 0 Å². The Labute approximate surface area is 105 Å². The number of amides is 1. The summed E-state index contributed by atoms with van der Waals surface area (Å²) in [6.07, 6.45) is 3.93. The molecule has 2 rings (SSSR count). The van der Waals surface area contributed by atoms with E-state index in [1.165, 1.54) is 19.4 Å². The van der Waals surface area contributed by atoms with Crippen molar-refractivity contribution in [2.75, 3.05) is 19.6 Å². The molecule has 0 spiro atoms. The van der Waals surface area contributed by atoms with Crippen LogP contribution in [0.1, 0.15) is 40.0 Å². The summed E-state index contributed by atoms with van der Waals surface area (Å²) in [5.74, 6) is 1.98. The van der Waals surface area contributed by atoms with Crippen LogP contribution in [0.25, 0.3) is 0 Å². The first-order valence-electron chi connectivity index (χ1n) is 7.10. The summed E-state index contributed by atoms with van der Waals surface area (Å²) in [7, 11) is 0. The van der Waals surface area contributed by atoms with Crippen LogP contribution in [-0.2, 0) is 4.79 Å². The minimum Gasteiger partial charge on any atom is -0.342 e. The van der Waals surface area contributed by atoms with Crippen LogP contribution in [0, 0.1) is 17.8 Å². The van der Waals surface area contributed by atoms with Crippen molar-refractivity contribution >= 4 is 5.91 Å². The number of hydrogen-bond acceptors (Lipinski definition) is 2. The Kier molecular flexibility index (Phi) is 4.08. The molecule has 0 aromatic carbocycles. The molecule has 0 bridgehead atoms. The highest BCUT2D eigenvalue weighted by Crippen LogP contribution is 2.28. The molecule has 1 aliphatic heterocycles. The summed E-state index contributed by atoms with van der Waals surface area (Å²) in [5.41, 5.74) is 0. The normalized spacial score (nSPS) is 29.8. The third-order valence-electron chi connectivity index (χ3n) is 4.08. The zero-order valence-corrected chi connectivity index (χ0v) is 11.4. The average molecular weight is 238 g/mol. The Morgan fingerprint density at radius 3 is 2.59 bits per heavy atom. The van der Waals surface area contributed by atoms with E-state index in [1.54, 1.807) is 0 Å². The Morgan fingerprint density at radius 1 is 1.35 bits per heavy atom. The van der Waals surface area contributed by atoms with Gasteiger partial charge in [0, 0.05) is 25.0 Å². The molecule has 0 aromatic rings. The Balaban J connectivity index is 1.77. The topological polar surface area (TPSA) is 32.3 Å². The Morgan fingerprint density at radius 2 is 2.06 bits per heavy atom. The van der Waals surface area contributed by atoms with Crippen molar-refractivity contribution in [2.45, 2.75) is 46.1 Å². The van der Waals surface area contributed by atoms with Gasteiger partial charge in [0.25, 0.3) is 0 Å². The molecule has 2 atom stereocenters. The van der Waals surface area contributed by atoms with E-state index in [1.807, 2.05) is 18.7 Å². The molecule has 0 radical (unpaired) electrons. The summed E-state index contributed by atoms with van der Waals surface area (Å²) in [6, 6.07) is 0.617. The van der Waals surface area contributed by atoms with Crippen molar-refractivity contribution in [3.05, 3.63) is 0 Å². The number of likely N-dealkylation sites (tertiary alicyclic amines) is 1. The van der Waals surface area contributed by atoms with Gasteiger partial charge >= 0.3 is 0 Å². The fraction of sp³-hybridized carbons (Fsp3) is 0.929. The van der Waals surface area contributed by atoms with E-state index in [4.69, 9.17) is 0 Å². The van der Waals surface area contributed by atoms with E-state index < -0.39 is 0 Å². The summed E-state index contributed by atoms with van der Waals surface area (Å²) >= 11 is 0. The fourth-order valence-corrected chi connectivity index (χ4v) is 2.65. The molecule has 0 unspecified atom stereocenters. The minimum absolute atomic E-state index is 0.137. The molecule has 98 valence electrons. The first-order valence-corrected chi connectivity index (χ1v) is 7.10. The molecule has 0 aromatic heterocycles. The molecule has 2 fully saturated rings. The van der Waals surface area contributed by atoms with Crippen molar-refractivity contribution < 1.29 is 4.79 Å². The van der Waals surface area contributed by atoms with Gasteiger partial charge in [0.1, 0.15) is 0 Å². The maximum absolute atomic E-state index is 11.9. The van der Waals surface area contributed by atoms with Gasteiger partial charge in [-0.15, -0.1) is 0 Å². The molecule has 1 heterocycles. The van der Waals surface area contributed by atoms with Crippen molar-refractivity contribution in [2.24, 2.45) is 17.8 Å². The second kappa shape index (κ2) is 5.38. The zero-order chi connectivity index (χ0) is 12.4. The van der Waals surface area contributed by atoms with Crippen LogP contribution in [0.15, 0.2) is 0 Å². The van der Waals surface area contributed by atoms with Gasteiger partial charge in [0.05, 0.1) is 0 Å². The van der Waals surface area contributed by atoms with Gasteiger partial charge in [-0.2, -0.15) is 0 Å².